The normalized spacial score (nSPS) is 11.9. The number of rotatable bonds is 4. The average Bonchev–Trinajstić information content (AvgIpc) is 2.76. The largest absolute Gasteiger partial charge is 0.481 e. The number of carbonyl (C=O) groups is 1. The lowest BCUT2D eigenvalue weighted by atomic mass is 10.3. The Balaban J connectivity index is 1.93. The van der Waals surface area contributed by atoms with E-state index in [4.69, 9.17) is 4.74 Å². The highest BCUT2D eigenvalue weighted by Crippen LogP contribution is 2.18. The van der Waals surface area contributed by atoms with Crippen molar-refractivity contribution in [2.24, 2.45) is 0 Å². The van der Waals surface area contributed by atoms with Gasteiger partial charge in [-0.1, -0.05) is 18.2 Å². The number of thiazole rings is 1. The Morgan fingerprint density at radius 3 is 2.72 bits per heavy atom. The lowest BCUT2D eigenvalue weighted by Gasteiger charge is -2.13. The quantitative estimate of drug-likeness (QED) is 0.921. The van der Waals surface area contributed by atoms with Crippen LogP contribution in [0.15, 0.2) is 36.5 Å². The van der Waals surface area contributed by atoms with Crippen LogP contribution < -0.4 is 10.1 Å². The highest BCUT2D eigenvalue weighted by molar-refractivity contribution is 7.15. The molecule has 4 nitrogen and oxygen atoms in total. The van der Waals surface area contributed by atoms with Crippen molar-refractivity contribution in [1.29, 1.82) is 0 Å². The lowest BCUT2D eigenvalue weighted by Crippen LogP contribution is -2.29. The molecule has 18 heavy (non-hydrogen) atoms. The molecule has 1 amide bonds. The van der Waals surface area contributed by atoms with Crippen molar-refractivity contribution in [2.45, 2.75) is 20.0 Å². The standard InChI is InChI=1S/C13H14N2O2S/c1-9(17-11-6-4-3-5-7-11)13(16)15-12-8-14-10(2)18-12/h3-9H,1-2H3,(H,15,16)/t9-/m1/s1. The summed E-state index contributed by atoms with van der Waals surface area (Å²) < 4.78 is 5.53. The number of aryl methyl sites for hydroxylation is 1. The molecule has 0 saturated carbocycles. The maximum Gasteiger partial charge on any atom is 0.265 e. The number of nitrogens with zero attached hydrogens (tertiary/aromatic N) is 1. The van der Waals surface area contributed by atoms with Gasteiger partial charge in [-0.05, 0) is 26.0 Å². The van der Waals surface area contributed by atoms with Crippen LogP contribution in [-0.4, -0.2) is 17.0 Å². The van der Waals surface area contributed by atoms with Crippen molar-refractivity contribution in [1.82, 2.24) is 4.98 Å². The summed E-state index contributed by atoms with van der Waals surface area (Å²) in [4.78, 5) is 15.9. The van der Waals surface area contributed by atoms with Gasteiger partial charge in [0.25, 0.3) is 5.91 Å². The second-order valence-corrected chi connectivity index (χ2v) is 5.04. The molecular formula is C13H14N2O2S. The Labute approximate surface area is 110 Å². The van der Waals surface area contributed by atoms with E-state index in [1.54, 1.807) is 13.1 Å². The van der Waals surface area contributed by atoms with Gasteiger partial charge in [0.2, 0.25) is 0 Å². The molecule has 0 bridgehead atoms. The van der Waals surface area contributed by atoms with Gasteiger partial charge in [0.05, 0.1) is 11.2 Å². The van der Waals surface area contributed by atoms with Crippen molar-refractivity contribution in [3.8, 4) is 5.75 Å². The number of nitrogens with one attached hydrogen (secondary N) is 1. The highest BCUT2D eigenvalue weighted by atomic mass is 32.1. The molecule has 0 spiro atoms. The van der Waals surface area contributed by atoms with E-state index in [0.717, 1.165) is 10.0 Å². The van der Waals surface area contributed by atoms with Crippen molar-refractivity contribution >= 4 is 22.2 Å². The summed E-state index contributed by atoms with van der Waals surface area (Å²) in [5.74, 6) is 0.503. The van der Waals surface area contributed by atoms with E-state index in [9.17, 15) is 4.79 Å². The monoisotopic (exact) mass is 262 g/mol. The van der Waals surface area contributed by atoms with Gasteiger partial charge < -0.3 is 10.1 Å². The predicted molar refractivity (Wildman–Crippen MR) is 72.0 cm³/mol. The molecule has 0 unspecified atom stereocenters. The SMILES string of the molecule is Cc1ncc(NC(=O)[C@@H](C)Oc2ccccc2)s1. The number of carbonyl (C=O) groups excluding carboxylic acids is 1. The number of aromatic nitrogens is 1. The fraction of sp³-hybridized carbons (Fsp3) is 0.231. The second kappa shape index (κ2) is 5.64. The molecule has 2 rings (SSSR count). The van der Waals surface area contributed by atoms with E-state index in [-0.39, 0.29) is 5.91 Å². The first-order valence-corrected chi connectivity index (χ1v) is 6.42. The van der Waals surface area contributed by atoms with E-state index in [0.29, 0.717) is 5.75 Å². The van der Waals surface area contributed by atoms with Gasteiger partial charge in [0.1, 0.15) is 10.8 Å². The molecule has 0 aliphatic carbocycles. The van der Waals surface area contributed by atoms with Gasteiger partial charge in [-0.15, -0.1) is 11.3 Å². The zero-order valence-corrected chi connectivity index (χ0v) is 11.0. The van der Waals surface area contributed by atoms with Gasteiger partial charge in [-0.3, -0.25) is 4.79 Å². The molecule has 0 aliphatic rings. The fourth-order valence-electron chi connectivity index (χ4n) is 1.40. The molecule has 2 aromatic rings. The summed E-state index contributed by atoms with van der Waals surface area (Å²) in [6.45, 7) is 3.61. The fourth-order valence-corrected chi connectivity index (χ4v) is 2.08. The first kappa shape index (κ1) is 12.6. The highest BCUT2D eigenvalue weighted by Gasteiger charge is 2.15. The number of hydrogen-bond acceptors (Lipinski definition) is 4. The molecule has 1 atom stereocenters. The summed E-state index contributed by atoms with van der Waals surface area (Å²) in [6.07, 6.45) is 1.10. The van der Waals surface area contributed by atoms with Crippen molar-refractivity contribution in [3.05, 3.63) is 41.5 Å². The average molecular weight is 262 g/mol. The van der Waals surface area contributed by atoms with Crippen LogP contribution in [0.2, 0.25) is 0 Å². The molecule has 1 aromatic heterocycles. The Morgan fingerprint density at radius 1 is 1.39 bits per heavy atom. The topological polar surface area (TPSA) is 51.2 Å². The number of anilines is 1. The predicted octanol–water partition coefficient (Wildman–Crippen LogP) is 2.86. The summed E-state index contributed by atoms with van der Waals surface area (Å²) in [5.41, 5.74) is 0. The van der Waals surface area contributed by atoms with E-state index in [2.05, 4.69) is 10.3 Å². The number of hydrogen-bond donors (Lipinski definition) is 1. The van der Waals surface area contributed by atoms with Crippen molar-refractivity contribution < 1.29 is 9.53 Å². The maximum absolute atomic E-state index is 11.9. The first-order valence-electron chi connectivity index (χ1n) is 5.60. The zero-order chi connectivity index (χ0) is 13.0. The summed E-state index contributed by atoms with van der Waals surface area (Å²) in [6, 6.07) is 9.28. The van der Waals surface area contributed by atoms with Crippen LogP contribution >= 0.6 is 11.3 Å². The Hall–Kier alpha value is -1.88. The minimum atomic E-state index is -0.546. The van der Waals surface area contributed by atoms with Crippen LogP contribution in [0.25, 0.3) is 0 Å². The molecule has 1 heterocycles. The van der Waals surface area contributed by atoms with Crippen LogP contribution in [0.1, 0.15) is 11.9 Å². The van der Waals surface area contributed by atoms with Gasteiger partial charge in [0, 0.05) is 0 Å². The molecule has 1 aromatic carbocycles. The van der Waals surface area contributed by atoms with E-state index in [1.807, 2.05) is 37.3 Å². The van der Waals surface area contributed by atoms with Crippen molar-refractivity contribution in [3.63, 3.8) is 0 Å². The molecule has 0 aliphatic heterocycles. The van der Waals surface area contributed by atoms with Crippen LogP contribution in [0.4, 0.5) is 5.00 Å². The number of ether oxygens (including phenoxy) is 1. The molecule has 0 radical (unpaired) electrons. The molecule has 94 valence electrons. The maximum atomic E-state index is 11.9. The van der Waals surface area contributed by atoms with E-state index >= 15 is 0 Å². The Bertz CT molecular complexity index is 525. The summed E-state index contributed by atoms with van der Waals surface area (Å²) >= 11 is 1.44. The summed E-state index contributed by atoms with van der Waals surface area (Å²) in [5, 5.41) is 4.43. The lowest BCUT2D eigenvalue weighted by molar-refractivity contribution is -0.122. The molecule has 0 saturated heterocycles. The van der Waals surface area contributed by atoms with Crippen LogP contribution in [0, 0.1) is 6.92 Å². The zero-order valence-electron chi connectivity index (χ0n) is 10.2. The van der Waals surface area contributed by atoms with Crippen molar-refractivity contribution in [2.75, 3.05) is 5.32 Å². The van der Waals surface area contributed by atoms with Gasteiger partial charge in [-0.2, -0.15) is 0 Å². The van der Waals surface area contributed by atoms with Crippen LogP contribution in [-0.2, 0) is 4.79 Å². The first-order chi connectivity index (χ1) is 8.65. The Kier molecular flexibility index (Phi) is 3.94. The minimum absolute atomic E-state index is 0.178. The molecule has 1 N–H and O–H groups in total. The van der Waals surface area contributed by atoms with Crippen LogP contribution in [0.5, 0.6) is 5.75 Å². The third-order valence-electron chi connectivity index (χ3n) is 2.29. The van der Waals surface area contributed by atoms with Crippen LogP contribution in [0.3, 0.4) is 0 Å². The van der Waals surface area contributed by atoms with Gasteiger partial charge in [-0.25, -0.2) is 4.98 Å². The third-order valence-corrected chi connectivity index (χ3v) is 3.12. The Morgan fingerprint density at radius 2 is 2.11 bits per heavy atom. The van der Waals surface area contributed by atoms with E-state index < -0.39 is 6.10 Å². The smallest absolute Gasteiger partial charge is 0.265 e. The number of amides is 1. The number of para-hydroxylation sites is 1. The molecule has 0 fully saturated rings. The number of benzene rings is 1. The molecule has 5 heteroatoms. The summed E-state index contributed by atoms with van der Waals surface area (Å²) in [7, 11) is 0. The van der Waals surface area contributed by atoms with E-state index in [1.165, 1.54) is 11.3 Å². The minimum Gasteiger partial charge on any atom is -0.481 e. The molecular weight excluding hydrogens is 248 g/mol. The van der Waals surface area contributed by atoms with Gasteiger partial charge in [0.15, 0.2) is 6.10 Å². The third kappa shape index (κ3) is 3.30. The second-order valence-electron chi connectivity index (χ2n) is 3.81. The van der Waals surface area contributed by atoms with Gasteiger partial charge >= 0.3 is 0 Å².